The van der Waals surface area contributed by atoms with Crippen LogP contribution in [-0.2, 0) is 15.1 Å². The molecule has 3 aromatic rings. The molecule has 0 aromatic carbocycles. The number of nitriles is 1. The Morgan fingerprint density at radius 2 is 1.93 bits per heavy atom. The fourth-order valence-corrected chi connectivity index (χ4v) is 6.64. The lowest BCUT2D eigenvalue weighted by molar-refractivity contribution is -0.139. The van der Waals surface area contributed by atoms with Gasteiger partial charge in [-0.3, -0.25) is 14.7 Å². The van der Waals surface area contributed by atoms with Crippen LogP contribution in [0.1, 0.15) is 38.2 Å². The minimum Gasteiger partial charge on any atom is -0.395 e. The standard InChI is InChI=1S/C31H39N7O3/c1-22(21-39)35-9-6-31(41-2,7-10-35)26-3-4-27(33-19-26)25-17-29-28(5-8-34-38(29)20-25)36-11-13-37(14-12-36)30(40)24-15-23(16-24)18-32/h3-5,8,17,19-20,22-24,39H,6-7,9-16,21H2,1-2H3/t22-,23?,24?/m0/s1. The number of piperidine rings is 1. The maximum absolute atomic E-state index is 12.8. The van der Waals surface area contributed by atoms with Gasteiger partial charge in [-0.25, -0.2) is 4.52 Å². The molecule has 1 N–H and O–H groups in total. The SMILES string of the molecule is COC1(c2ccc(-c3cc4c(N5CCN(C(=O)C6CC(C#N)C6)CC5)ccnn4c3)nc2)CCN([C@@H](C)CO)CC1. The molecule has 3 aromatic heterocycles. The summed E-state index contributed by atoms with van der Waals surface area (Å²) in [6.07, 6.45) is 8.91. The van der Waals surface area contributed by atoms with Crippen LogP contribution in [0.3, 0.4) is 0 Å². The minimum atomic E-state index is -0.364. The van der Waals surface area contributed by atoms with E-state index < -0.39 is 0 Å². The predicted molar refractivity (Wildman–Crippen MR) is 155 cm³/mol. The van der Waals surface area contributed by atoms with Crippen LogP contribution in [0, 0.1) is 23.2 Å². The Hall–Kier alpha value is -3.52. The molecular weight excluding hydrogens is 518 g/mol. The number of hydrogen-bond donors (Lipinski definition) is 1. The van der Waals surface area contributed by atoms with Crippen LogP contribution in [0.4, 0.5) is 5.69 Å². The first-order valence-electron chi connectivity index (χ1n) is 14.7. The lowest BCUT2D eigenvalue weighted by atomic mass is 9.75. The van der Waals surface area contributed by atoms with Crippen molar-refractivity contribution in [2.45, 2.75) is 44.2 Å². The number of hydrogen-bond acceptors (Lipinski definition) is 8. The molecule has 0 radical (unpaired) electrons. The van der Waals surface area contributed by atoms with Gasteiger partial charge < -0.3 is 19.6 Å². The summed E-state index contributed by atoms with van der Waals surface area (Å²) in [6.45, 7) is 6.89. The Balaban J connectivity index is 1.14. The van der Waals surface area contributed by atoms with Gasteiger partial charge in [0, 0.05) is 94.0 Å². The molecular formula is C31H39N7O3. The maximum atomic E-state index is 12.8. The first-order chi connectivity index (χ1) is 19.9. The number of fused-ring (bicyclic) bond motifs is 1. The second-order valence-corrected chi connectivity index (χ2v) is 11.8. The zero-order chi connectivity index (χ0) is 28.6. The molecule has 0 bridgehead atoms. The average molecular weight is 558 g/mol. The van der Waals surface area contributed by atoms with Crippen molar-refractivity contribution in [2.24, 2.45) is 11.8 Å². The second-order valence-electron chi connectivity index (χ2n) is 11.8. The van der Waals surface area contributed by atoms with Crippen molar-refractivity contribution < 1.29 is 14.6 Å². The van der Waals surface area contributed by atoms with Gasteiger partial charge in [-0.15, -0.1) is 0 Å². The first-order valence-corrected chi connectivity index (χ1v) is 14.7. The number of carbonyl (C=O) groups excluding carboxylic acids is 1. The van der Waals surface area contributed by atoms with E-state index in [1.54, 1.807) is 7.11 Å². The molecule has 0 spiro atoms. The van der Waals surface area contributed by atoms with E-state index in [9.17, 15) is 9.90 Å². The van der Waals surface area contributed by atoms with Gasteiger partial charge in [0.05, 0.1) is 35.2 Å². The van der Waals surface area contributed by atoms with Crippen LogP contribution >= 0.6 is 0 Å². The van der Waals surface area contributed by atoms with Crippen molar-refractivity contribution in [1.29, 1.82) is 5.26 Å². The third kappa shape index (κ3) is 5.18. The topological polar surface area (TPSA) is 110 Å². The second kappa shape index (κ2) is 11.4. The first kappa shape index (κ1) is 27.6. The van der Waals surface area contributed by atoms with Crippen molar-refractivity contribution in [3.8, 4) is 17.3 Å². The lowest BCUT2D eigenvalue weighted by Gasteiger charge is -2.42. The van der Waals surface area contributed by atoms with E-state index in [1.807, 2.05) is 34.1 Å². The number of carbonyl (C=O) groups is 1. The van der Waals surface area contributed by atoms with Crippen LogP contribution in [0.25, 0.3) is 16.8 Å². The van der Waals surface area contributed by atoms with E-state index in [1.165, 1.54) is 0 Å². The highest BCUT2D eigenvalue weighted by atomic mass is 16.5. The molecule has 2 saturated heterocycles. The molecule has 10 nitrogen and oxygen atoms in total. The van der Waals surface area contributed by atoms with Crippen molar-refractivity contribution in [1.82, 2.24) is 24.4 Å². The summed E-state index contributed by atoms with van der Waals surface area (Å²) in [5, 5.41) is 23.1. The molecule has 1 aliphatic carbocycles. The van der Waals surface area contributed by atoms with Crippen LogP contribution in [-0.4, -0.2) is 94.4 Å². The van der Waals surface area contributed by atoms with E-state index in [-0.39, 0.29) is 36.0 Å². The lowest BCUT2D eigenvalue weighted by Crippen LogP contribution is -2.52. The summed E-state index contributed by atoms with van der Waals surface area (Å²) in [5.41, 5.74) is 4.72. The van der Waals surface area contributed by atoms with Crippen molar-refractivity contribution in [2.75, 3.05) is 57.9 Å². The van der Waals surface area contributed by atoms with Crippen LogP contribution in [0.2, 0.25) is 0 Å². The highest BCUT2D eigenvalue weighted by molar-refractivity contribution is 5.81. The van der Waals surface area contributed by atoms with Gasteiger partial charge in [-0.05, 0) is 50.8 Å². The fourth-order valence-electron chi connectivity index (χ4n) is 6.64. The molecule has 1 atom stereocenters. The van der Waals surface area contributed by atoms with E-state index >= 15 is 0 Å². The Bertz CT molecular complexity index is 1410. The zero-order valence-electron chi connectivity index (χ0n) is 23.9. The number of rotatable bonds is 7. The summed E-state index contributed by atoms with van der Waals surface area (Å²) in [6, 6.07) is 10.8. The molecule has 5 heterocycles. The zero-order valence-corrected chi connectivity index (χ0v) is 23.9. The molecule has 2 aliphatic heterocycles. The number of pyridine rings is 1. The molecule has 1 saturated carbocycles. The summed E-state index contributed by atoms with van der Waals surface area (Å²) in [4.78, 5) is 24.3. The number of aromatic nitrogens is 3. The minimum absolute atomic E-state index is 0.0208. The number of likely N-dealkylation sites (tertiary alicyclic amines) is 1. The van der Waals surface area contributed by atoms with E-state index in [0.717, 1.165) is 67.0 Å². The van der Waals surface area contributed by atoms with Gasteiger partial charge in [0.25, 0.3) is 0 Å². The van der Waals surface area contributed by atoms with Gasteiger partial charge in [0.2, 0.25) is 5.91 Å². The van der Waals surface area contributed by atoms with Crippen molar-refractivity contribution >= 4 is 17.1 Å². The van der Waals surface area contributed by atoms with Gasteiger partial charge in [0.1, 0.15) is 0 Å². The molecule has 216 valence electrons. The highest BCUT2D eigenvalue weighted by Crippen LogP contribution is 2.38. The number of aliphatic hydroxyl groups excluding tert-OH is 1. The third-order valence-electron chi connectivity index (χ3n) is 9.56. The predicted octanol–water partition coefficient (Wildman–Crippen LogP) is 2.91. The number of amides is 1. The molecule has 1 amide bonds. The summed E-state index contributed by atoms with van der Waals surface area (Å²) >= 11 is 0. The largest absolute Gasteiger partial charge is 0.395 e. The number of ether oxygens (including phenoxy) is 1. The van der Waals surface area contributed by atoms with Crippen LogP contribution in [0.5, 0.6) is 0 Å². The Kier molecular flexibility index (Phi) is 7.68. The molecule has 0 unspecified atom stereocenters. The molecule has 3 fully saturated rings. The monoisotopic (exact) mass is 557 g/mol. The smallest absolute Gasteiger partial charge is 0.225 e. The molecule has 41 heavy (non-hydrogen) atoms. The van der Waals surface area contributed by atoms with E-state index in [0.29, 0.717) is 25.9 Å². The van der Waals surface area contributed by atoms with Crippen molar-refractivity contribution in [3.05, 3.63) is 48.4 Å². The van der Waals surface area contributed by atoms with E-state index in [4.69, 9.17) is 15.0 Å². The molecule has 3 aliphatic rings. The van der Waals surface area contributed by atoms with E-state index in [2.05, 4.69) is 46.1 Å². The van der Waals surface area contributed by atoms with Crippen LogP contribution in [0.15, 0.2) is 42.9 Å². The van der Waals surface area contributed by atoms with Crippen molar-refractivity contribution in [3.63, 3.8) is 0 Å². The number of piperazine rings is 1. The Morgan fingerprint density at radius 1 is 1.17 bits per heavy atom. The Morgan fingerprint density at radius 3 is 2.56 bits per heavy atom. The number of nitrogens with zero attached hydrogens (tertiary/aromatic N) is 7. The summed E-state index contributed by atoms with van der Waals surface area (Å²) in [7, 11) is 1.78. The Labute approximate surface area is 241 Å². The van der Waals surface area contributed by atoms with Gasteiger partial charge in [-0.2, -0.15) is 10.4 Å². The fraction of sp³-hybridized carbons (Fsp3) is 0.548. The molecule has 6 rings (SSSR count). The molecule has 10 heteroatoms. The number of aliphatic hydroxyl groups is 1. The summed E-state index contributed by atoms with van der Waals surface area (Å²) < 4.78 is 7.98. The number of anilines is 1. The quantitative estimate of drug-likeness (QED) is 0.472. The average Bonchev–Trinajstić information content (AvgIpc) is 3.45. The van der Waals surface area contributed by atoms with Crippen LogP contribution < -0.4 is 4.90 Å². The summed E-state index contributed by atoms with van der Waals surface area (Å²) in [5.74, 6) is 0.272. The number of methoxy groups -OCH3 is 1. The highest BCUT2D eigenvalue weighted by Gasteiger charge is 2.39. The maximum Gasteiger partial charge on any atom is 0.225 e. The van der Waals surface area contributed by atoms with Gasteiger partial charge >= 0.3 is 0 Å². The van der Waals surface area contributed by atoms with Gasteiger partial charge in [0.15, 0.2) is 0 Å². The normalized spacial score (nSPS) is 23.7. The third-order valence-corrected chi connectivity index (χ3v) is 9.56. The van der Waals surface area contributed by atoms with Gasteiger partial charge in [-0.1, -0.05) is 6.07 Å².